The number of nitrogens with one attached hydrogen (secondary N) is 1. The first-order chi connectivity index (χ1) is 9.69. The molecule has 0 fully saturated rings. The predicted molar refractivity (Wildman–Crippen MR) is 79.7 cm³/mol. The number of ether oxygens (including phenoxy) is 1. The molecule has 0 saturated carbocycles. The molecule has 3 N–H and O–H groups in total. The SMILES string of the molecule is CC(CC(=N)C(=O)OCc1ccccc1Cl)CP(=O)(O)O. The van der Waals surface area contributed by atoms with Gasteiger partial charge < -0.3 is 14.5 Å². The van der Waals surface area contributed by atoms with Gasteiger partial charge in [-0.15, -0.1) is 0 Å². The van der Waals surface area contributed by atoms with E-state index in [-0.39, 0.29) is 24.9 Å². The number of esters is 1. The average Bonchev–Trinajstić information content (AvgIpc) is 2.34. The Hall–Kier alpha value is -1.20. The second-order valence-corrected chi connectivity index (χ2v) is 6.90. The van der Waals surface area contributed by atoms with E-state index >= 15 is 0 Å². The zero-order valence-corrected chi connectivity index (χ0v) is 13.1. The van der Waals surface area contributed by atoms with Crippen molar-refractivity contribution in [2.75, 3.05) is 6.16 Å². The largest absolute Gasteiger partial charge is 0.456 e. The highest BCUT2D eigenvalue weighted by molar-refractivity contribution is 7.51. The van der Waals surface area contributed by atoms with Crippen LogP contribution in [-0.4, -0.2) is 27.6 Å². The van der Waals surface area contributed by atoms with Crippen molar-refractivity contribution < 1.29 is 23.9 Å². The summed E-state index contributed by atoms with van der Waals surface area (Å²) in [6.07, 6.45) is -0.417. The molecule has 1 aromatic carbocycles. The monoisotopic (exact) mass is 333 g/mol. The highest BCUT2D eigenvalue weighted by atomic mass is 35.5. The van der Waals surface area contributed by atoms with Crippen LogP contribution in [0.1, 0.15) is 18.9 Å². The Labute approximate surface area is 127 Å². The van der Waals surface area contributed by atoms with E-state index in [0.29, 0.717) is 10.6 Å². The Kier molecular flexibility index (Phi) is 6.55. The Bertz CT molecular complexity index is 571. The van der Waals surface area contributed by atoms with Gasteiger partial charge in [-0.05, 0) is 18.4 Å². The average molecular weight is 334 g/mol. The topological polar surface area (TPSA) is 108 Å². The number of carbonyl (C=O) groups is 1. The normalized spacial score (nSPS) is 12.8. The zero-order chi connectivity index (χ0) is 16.0. The van der Waals surface area contributed by atoms with Crippen LogP contribution in [0.15, 0.2) is 24.3 Å². The van der Waals surface area contributed by atoms with Gasteiger partial charge >= 0.3 is 13.6 Å². The van der Waals surface area contributed by atoms with Gasteiger partial charge in [0.1, 0.15) is 12.3 Å². The summed E-state index contributed by atoms with van der Waals surface area (Å²) in [7, 11) is -4.14. The van der Waals surface area contributed by atoms with Gasteiger partial charge in [0, 0.05) is 10.6 Å². The molecule has 1 rings (SSSR count). The summed E-state index contributed by atoms with van der Waals surface area (Å²) in [6.45, 7) is 1.52. The summed E-state index contributed by atoms with van der Waals surface area (Å²) < 4.78 is 15.8. The van der Waals surface area contributed by atoms with Crippen LogP contribution in [0.2, 0.25) is 5.02 Å². The zero-order valence-electron chi connectivity index (χ0n) is 11.5. The molecule has 1 unspecified atom stereocenters. The summed E-state index contributed by atoms with van der Waals surface area (Å²) in [5.74, 6) is -1.29. The molecule has 1 atom stereocenters. The molecule has 0 bridgehead atoms. The van der Waals surface area contributed by atoms with Crippen LogP contribution in [0.25, 0.3) is 0 Å². The van der Waals surface area contributed by atoms with Gasteiger partial charge in [-0.2, -0.15) is 0 Å². The standard InChI is InChI=1S/C13H17ClNO5P/c1-9(8-21(17,18)19)6-12(15)13(16)20-7-10-4-2-3-5-11(10)14/h2-5,9,15H,6-8H2,1H3,(H2,17,18,19). The van der Waals surface area contributed by atoms with Crippen molar-refractivity contribution in [2.24, 2.45) is 5.92 Å². The van der Waals surface area contributed by atoms with Gasteiger partial charge in [0.25, 0.3) is 0 Å². The molecule has 0 heterocycles. The molecule has 8 heteroatoms. The third-order valence-electron chi connectivity index (χ3n) is 2.67. The molecule has 116 valence electrons. The number of halogens is 1. The Balaban J connectivity index is 2.47. The van der Waals surface area contributed by atoms with Crippen LogP contribution in [0.5, 0.6) is 0 Å². The van der Waals surface area contributed by atoms with E-state index < -0.39 is 19.5 Å². The molecule has 0 saturated heterocycles. The maximum atomic E-state index is 11.6. The fourth-order valence-corrected chi connectivity index (χ4v) is 2.88. The van der Waals surface area contributed by atoms with E-state index in [2.05, 4.69) is 0 Å². The van der Waals surface area contributed by atoms with Crippen LogP contribution in [0.4, 0.5) is 0 Å². The smallest absolute Gasteiger partial charge is 0.352 e. The molecule has 6 nitrogen and oxygen atoms in total. The molecule has 1 aromatic rings. The second-order valence-electron chi connectivity index (χ2n) is 4.80. The third kappa shape index (κ3) is 6.87. The van der Waals surface area contributed by atoms with Crippen molar-refractivity contribution in [2.45, 2.75) is 20.0 Å². The highest BCUT2D eigenvalue weighted by Crippen LogP contribution is 2.37. The van der Waals surface area contributed by atoms with Gasteiger partial charge in [0.05, 0.1) is 6.16 Å². The van der Waals surface area contributed by atoms with Crippen molar-refractivity contribution in [1.82, 2.24) is 0 Å². The van der Waals surface area contributed by atoms with Crippen molar-refractivity contribution in [3.63, 3.8) is 0 Å². The molecule has 0 radical (unpaired) electrons. The third-order valence-corrected chi connectivity index (χ3v) is 4.13. The van der Waals surface area contributed by atoms with E-state index in [1.54, 1.807) is 31.2 Å². The van der Waals surface area contributed by atoms with Crippen LogP contribution in [0.3, 0.4) is 0 Å². The van der Waals surface area contributed by atoms with E-state index in [1.165, 1.54) is 0 Å². The van der Waals surface area contributed by atoms with Crippen molar-refractivity contribution in [1.29, 1.82) is 5.41 Å². The van der Waals surface area contributed by atoms with E-state index in [0.717, 1.165) is 0 Å². The van der Waals surface area contributed by atoms with Gasteiger partial charge in [-0.1, -0.05) is 36.7 Å². The van der Waals surface area contributed by atoms with Crippen LogP contribution in [0, 0.1) is 11.3 Å². The number of hydrogen-bond acceptors (Lipinski definition) is 4. The minimum absolute atomic E-state index is 0.0479. The van der Waals surface area contributed by atoms with Gasteiger partial charge in [-0.25, -0.2) is 4.79 Å². The van der Waals surface area contributed by atoms with E-state index in [4.69, 9.17) is 31.5 Å². The summed E-state index contributed by atoms with van der Waals surface area (Å²) in [5.41, 5.74) is 0.312. The van der Waals surface area contributed by atoms with E-state index in [1.807, 2.05) is 0 Å². The molecule has 0 aliphatic rings. The fraction of sp³-hybridized carbons (Fsp3) is 0.385. The van der Waals surface area contributed by atoms with Crippen molar-refractivity contribution >= 4 is 30.9 Å². The Morgan fingerprint density at radius 2 is 2.05 bits per heavy atom. The number of hydrogen-bond donors (Lipinski definition) is 3. The van der Waals surface area contributed by atoms with Gasteiger partial charge in [0.15, 0.2) is 0 Å². The fourth-order valence-electron chi connectivity index (χ4n) is 1.75. The molecular weight excluding hydrogens is 317 g/mol. The van der Waals surface area contributed by atoms with Crippen LogP contribution in [-0.2, 0) is 20.7 Å². The summed E-state index contributed by atoms with van der Waals surface area (Å²) in [4.78, 5) is 29.3. The quantitative estimate of drug-likeness (QED) is 0.404. The van der Waals surface area contributed by atoms with Gasteiger partial charge in [0.2, 0.25) is 0 Å². The van der Waals surface area contributed by atoms with Crippen LogP contribution < -0.4 is 0 Å². The first-order valence-electron chi connectivity index (χ1n) is 6.21. The highest BCUT2D eigenvalue weighted by Gasteiger charge is 2.22. The molecule has 0 amide bonds. The molecule has 0 aromatic heterocycles. The maximum Gasteiger partial charge on any atom is 0.352 e. The minimum atomic E-state index is -4.14. The summed E-state index contributed by atoms with van der Waals surface area (Å²) in [6, 6.07) is 6.87. The molecule has 0 spiro atoms. The van der Waals surface area contributed by atoms with Gasteiger partial charge in [-0.3, -0.25) is 9.97 Å². The first kappa shape index (κ1) is 17.9. The molecule has 0 aliphatic heterocycles. The predicted octanol–water partition coefficient (Wildman–Crippen LogP) is 2.61. The minimum Gasteiger partial charge on any atom is -0.456 e. The number of rotatable bonds is 7. The first-order valence-corrected chi connectivity index (χ1v) is 8.39. The van der Waals surface area contributed by atoms with Crippen molar-refractivity contribution in [3.8, 4) is 0 Å². The molecular formula is C13H17ClNO5P. The molecule has 21 heavy (non-hydrogen) atoms. The lowest BCUT2D eigenvalue weighted by molar-refractivity contribution is -0.137. The summed E-state index contributed by atoms with van der Waals surface area (Å²) >= 11 is 5.91. The van der Waals surface area contributed by atoms with E-state index in [9.17, 15) is 9.36 Å². The lowest BCUT2D eigenvalue weighted by Crippen LogP contribution is -2.20. The van der Waals surface area contributed by atoms with Crippen LogP contribution >= 0.6 is 19.2 Å². The van der Waals surface area contributed by atoms with Crippen molar-refractivity contribution in [3.05, 3.63) is 34.9 Å². The second kappa shape index (κ2) is 7.71. The lowest BCUT2D eigenvalue weighted by Gasteiger charge is -2.13. The Morgan fingerprint density at radius 3 is 2.62 bits per heavy atom. The maximum absolute atomic E-state index is 11.6. The number of carbonyl (C=O) groups excluding carboxylic acids is 1. The summed E-state index contributed by atoms with van der Waals surface area (Å²) in [5, 5.41) is 8.06. The Morgan fingerprint density at radius 1 is 1.43 bits per heavy atom. The molecule has 0 aliphatic carbocycles. The lowest BCUT2D eigenvalue weighted by atomic mass is 10.1. The number of benzene rings is 1.